The van der Waals surface area contributed by atoms with E-state index in [9.17, 15) is 14.4 Å². The number of aryl methyl sites for hydroxylation is 1. The molecule has 0 saturated carbocycles. The fourth-order valence-corrected chi connectivity index (χ4v) is 5.32. The maximum absolute atomic E-state index is 13.2. The van der Waals surface area contributed by atoms with Crippen molar-refractivity contribution < 1.29 is 23.9 Å². The fraction of sp³-hybridized carbons (Fsp3) is 0.419. The SMILES string of the molecule is CCN1CC(=O)N[C@H]2CN(C(=O)CCCn3cccn3)CC[C@@H]2OCc2cccc(c2)Oc2cccc(c2)CC1=O. The average Bonchev–Trinajstić information content (AvgIpc) is 3.48. The molecule has 3 aromatic rings. The summed E-state index contributed by atoms with van der Waals surface area (Å²) in [5.41, 5.74) is 1.75. The largest absolute Gasteiger partial charge is 0.457 e. The summed E-state index contributed by atoms with van der Waals surface area (Å²) in [5, 5.41) is 7.28. The van der Waals surface area contributed by atoms with Crippen LogP contribution >= 0.6 is 0 Å². The molecule has 3 heterocycles. The van der Waals surface area contributed by atoms with Crippen LogP contribution < -0.4 is 10.1 Å². The predicted octanol–water partition coefficient (Wildman–Crippen LogP) is 3.16. The molecule has 5 rings (SSSR count). The Balaban J connectivity index is 1.31. The van der Waals surface area contributed by atoms with Crippen LogP contribution in [0.3, 0.4) is 0 Å². The Morgan fingerprint density at radius 1 is 1.07 bits per heavy atom. The molecule has 2 aliphatic heterocycles. The van der Waals surface area contributed by atoms with Gasteiger partial charge in [-0.1, -0.05) is 24.3 Å². The Hall–Kier alpha value is -4.18. The molecule has 2 atom stereocenters. The van der Waals surface area contributed by atoms with Gasteiger partial charge in [-0.15, -0.1) is 0 Å². The smallest absolute Gasteiger partial charge is 0.239 e. The molecule has 4 bridgehead atoms. The zero-order valence-corrected chi connectivity index (χ0v) is 23.4. The molecule has 41 heavy (non-hydrogen) atoms. The van der Waals surface area contributed by atoms with Crippen molar-refractivity contribution in [1.82, 2.24) is 24.9 Å². The third kappa shape index (κ3) is 7.73. The second-order valence-electron chi connectivity index (χ2n) is 10.5. The molecular weight excluding hydrogens is 522 g/mol. The van der Waals surface area contributed by atoms with Crippen LogP contribution in [-0.2, 0) is 38.7 Å². The van der Waals surface area contributed by atoms with Gasteiger partial charge in [0.25, 0.3) is 0 Å². The highest BCUT2D eigenvalue weighted by atomic mass is 16.5. The highest BCUT2D eigenvalue weighted by Crippen LogP contribution is 2.25. The Labute approximate surface area is 240 Å². The first-order valence-corrected chi connectivity index (χ1v) is 14.3. The van der Waals surface area contributed by atoms with Gasteiger partial charge < -0.3 is 24.6 Å². The number of ether oxygens (including phenoxy) is 2. The fourth-order valence-electron chi connectivity index (χ4n) is 5.32. The van der Waals surface area contributed by atoms with Crippen molar-refractivity contribution in [3.63, 3.8) is 0 Å². The number of fused-ring (bicyclic) bond motifs is 5. The minimum atomic E-state index is -0.398. The summed E-state index contributed by atoms with van der Waals surface area (Å²) in [6.07, 6.45) is 5.16. The lowest BCUT2D eigenvalue weighted by atomic mass is 10.0. The van der Waals surface area contributed by atoms with Gasteiger partial charge in [-0.25, -0.2) is 0 Å². The number of nitrogens with zero attached hydrogens (tertiary/aromatic N) is 4. The standard InChI is InChI=1S/C31H37N5O5/c1-2-34-21-29(37)33-27-20-35(30(38)11-5-14-36-15-6-13-32-36)16-12-28(27)40-22-24-8-4-10-26(18-24)41-25-9-3-7-23(17-25)19-31(34)39/h3-4,6-10,13,15,17-18,27-28H,2,5,11-12,14,16,19-22H2,1H3,(H,33,37)/t27-,28-/m0/s1. The summed E-state index contributed by atoms with van der Waals surface area (Å²) in [7, 11) is 0. The molecule has 216 valence electrons. The van der Waals surface area contributed by atoms with Gasteiger partial charge in [0.15, 0.2) is 0 Å². The zero-order valence-electron chi connectivity index (χ0n) is 23.4. The van der Waals surface area contributed by atoms with E-state index in [-0.39, 0.29) is 36.8 Å². The van der Waals surface area contributed by atoms with Gasteiger partial charge in [-0.2, -0.15) is 5.10 Å². The molecule has 1 aromatic heterocycles. The molecule has 0 unspecified atom stereocenters. The average molecular weight is 560 g/mol. The Kier molecular flexibility index (Phi) is 9.30. The van der Waals surface area contributed by atoms with Gasteiger partial charge in [0, 0.05) is 45.0 Å². The molecule has 1 fully saturated rings. The minimum Gasteiger partial charge on any atom is -0.457 e. The highest BCUT2D eigenvalue weighted by Gasteiger charge is 2.33. The molecular formula is C31H37N5O5. The first-order valence-electron chi connectivity index (χ1n) is 14.3. The monoisotopic (exact) mass is 559 g/mol. The van der Waals surface area contributed by atoms with E-state index in [0.29, 0.717) is 63.5 Å². The van der Waals surface area contributed by atoms with E-state index in [2.05, 4.69) is 10.4 Å². The van der Waals surface area contributed by atoms with E-state index >= 15 is 0 Å². The van der Waals surface area contributed by atoms with Crippen molar-refractivity contribution in [2.24, 2.45) is 0 Å². The van der Waals surface area contributed by atoms with Crippen molar-refractivity contribution >= 4 is 17.7 Å². The van der Waals surface area contributed by atoms with E-state index in [0.717, 1.165) is 11.1 Å². The first kappa shape index (κ1) is 28.4. The minimum absolute atomic E-state index is 0.0465. The topological polar surface area (TPSA) is 106 Å². The van der Waals surface area contributed by atoms with Crippen molar-refractivity contribution in [3.8, 4) is 11.5 Å². The number of amides is 3. The molecule has 0 aliphatic carbocycles. The van der Waals surface area contributed by atoms with E-state index in [1.165, 1.54) is 0 Å². The molecule has 10 nitrogen and oxygen atoms in total. The molecule has 0 spiro atoms. The first-order chi connectivity index (χ1) is 20.0. The van der Waals surface area contributed by atoms with Gasteiger partial charge in [0.1, 0.15) is 11.5 Å². The molecule has 10 heteroatoms. The molecule has 2 aliphatic rings. The van der Waals surface area contributed by atoms with Gasteiger partial charge in [-0.05, 0) is 61.2 Å². The van der Waals surface area contributed by atoms with Crippen LogP contribution in [-0.4, -0.2) is 75.6 Å². The summed E-state index contributed by atoms with van der Waals surface area (Å²) in [6.45, 7) is 4.11. The molecule has 0 radical (unpaired) electrons. The van der Waals surface area contributed by atoms with Gasteiger partial charge in [-0.3, -0.25) is 19.1 Å². The number of nitrogens with one attached hydrogen (secondary N) is 1. The van der Waals surface area contributed by atoms with Crippen molar-refractivity contribution in [3.05, 3.63) is 78.1 Å². The van der Waals surface area contributed by atoms with Crippen molar-refractivity contribution in [2.75, 3.05) is 26.2 Å². The number of benzene rings is 2. The van der Waals surface area contributed by atoms with E-state index in [1.54, 1.807) is 16.0 Å². The van der Waals surface area contributed by atoms with E-state index < -0.39 is 6.04 Å². The van der Waals surface area contributed by atoms with Gasteiger partial charge >= 0.3 is 0 Å². The number of likely N-dealkylation sites (N-methyl/N-ethyl adjacent to an activating group) is 1. The van der Waals surface area contributed by atoms with Crippen LogP contribution in [0.15, 0.2) is 67.0 Å². The normalized spacial score (nSPS) is 20.0. The van der Waals surface area contributed by atoms with Gasteiger partial charge in [0.05, 0.1) is 31.7 Å². The maximum atomic E-state index is 13.2. The second-order valence-corrected chi connectivity index (χ2v) is 10.5. The van der Waals surface area contributed by atoms with Crippen LogP contribution in [0.5, 0.6) is 11.5 Å². The zero-order chi connectivity index (χ0) is 28.6. The molecule has 1 saturated heterocycles. The summed E-state index contributed by atoms with van der Waals surface area (Å²) in [6, 6.07) is 16.6. The third-order valence-corrected chi connectivity index (χ3v) is 7.51. The Bertz CT molecular complexity index is 1340. The molecule has 3 amide bonds. The lowest BCUT2D eigenvalue weighted by molar-refractivity contribution is -0.139. The Morgan fingerprint density at radius 2 is 1.85 bits per heavy atom. The number of likely N-dealkylation sites (tertiary alicyclic amines) is 1. The van der Waals surface area contributed by atoms with Crippen LogP contribution in [0.25, 0.3) is 0 Å². The number of carbonyl (C=O) groups excluding carboxylic acids is 3. The van der Waals surface area contributed by atoms with Gasteiger partial charge in [0.2, 0.25) is 17.7 Å². The van der Waals surface area contributed by atoms with E-state index in [1.807, 2.05) is 72.4 Å². The number of piperidine rings is 1. The molecule has 1 N–H and O–H groups in total. The predicted molar refractivity (Wildman–Crippen MR) is 152 cm³/mol. The van der Waals surface area contributed by atoms with Crippen molar-refractivity contribution in [2.45, 2.75) is 57.9 Å². The summed E-state index contributed by atoms with van der Waals surface area (Å²) in [4.78, 5) is 42.7. The van der Waals surface area contributed by atoms with Crippen LogP contribution in [0.4, 0.5) is 0 Å². The second kappa shape index (κ2) is 13.5. The van der Waals surface area contributed by atoms with E-state index in [4.69, 9.17) is 9.47 Å². The third-order valence-electron chi connectivity index (χ3n) is 7.51. The number of hydrogen-bond donors (Lipinski definition) is 1. The summed E-state index contributed by atoms with van der Waals surface area (Å²) < 4.78 is 14.2. The lowest BCUT2D eigenvalue weighted by Crippen LogP contribution is -2.58. The highest BCUT2D eigenvalue weighted by molar-refractivity contribution is 5.86. The van der Waals surface area contributed by atoms with Crippen LogP contribution in [0.2, 0.25) is 0 Å². The number of aromatic nitrogens is 2. The summed E-state index contributed by atoms with van der Waals surface area (Å²) >= 11 is 0. The lowest BCUT2D eigenvalue weighted by Gasteiger charge is -2.39. The number of rotatable bonds is 5. The Morgan fingerprint density at radius 3 is 2.61 bits per heavy atom. The van der Waals surface area contributed by atoms with Crippen LogP contribution in [0.1, 0.15) is 37.3 Å². The molecule has 2 aromatic carbocycles. The van der Waals surface area contributed by atoms with Crippen LogP contribution in [0, 0.1) is 0 Å². The summed E-state index contributed by atoms with van der Waals surface area (Å²) in [5.74, 6) is 0.951. The quantitative estimate of drug-likeness (QED) is 0.515. The van der Waals surface area contributed by atoms with Crippen molar-refractivity contribution in [1.29, 1.82) is 0 Å². The number of hydrogen-bond acceptors (Lipinski definition) is 6. The maximum Gasteiger partial charge on any atom is 0.239 e. The number of carbonyl (C=O) groups is 3.